The molecule has 0 aromatic heterocycles. The van der Waals surface area contributed by atoms with E-state index in [2.05, 4.69) is 0 Å². The third-order valence-electron chi connectivity index (χ3n) is 3.85. The molecule has 3 aromatic rings. The maximum absolute atomic E-state index is 12.6. The van der Waals surface area contributed by atoms with E-state index in [0.717, 1.165) is 10.8 Å². The molecule has 1 aliphatic rings. The zero-order valence-corrected chi connectivity index (χ0v) is 11.6. The van der Waals surface area contributed by atoms with Gasteiger partial charge in [0.15, 0.2) is 11.6 Å². The summed E-state index contributed by atoms with van der Waals surface area (Å²) in [4.78, 5) is 25.3. The molecule has 100 valence electrons. The van der Waals surface area contributed by atoms with Crippen LogP contribution in [0.3, 0.4) is 0 Å². The van der Waals surface area contributed by atoms with Gasteiger partial charge < -0.3 is 0 Å². The van der Waals surface area contributed by atoms with E-state index in [1.54, 1.807) is 30.3 Å². The van der Waals surface area contributed by atoms with E-state index in [9.17, 15) is 9.59 Å². The molecule has 0 radical (unpaired) electrons. The molecular weight excluding hydrogens is 284 g/mol. The van der Waals surface area contributed by atoms with E-state index in [4.69, 9.17) is 11.6 Å². The average Bonchev–Trinajstić information content (AvgIpc) is 2.51. The van der Waals surface area contributed by atoms with Crippen LogP contribution in [0.4, 0.5) is 0 Å². The summed E-state index contributed by atoms with van der Waals surface area (Å²) in [5.74, 6) is -0.269. The molecule has 0 saturated heterocycles. The maximum atomic E-state index is 12.6. The minimum atomic E-state index is -0.146. The predicted octanol–water partition coefficient (Wildman–Crippen LogP) is 4.27. The van der Waals surface area contributed by atoms with Crippen LogP contribution in [0, 0.1) is 0 Å². The fourth-order valence-electron chi connectivity index (χ4n) is 2.81. The van der Waals surface area contributed by atoms with Crippen LogP contribution in [-0.4, -0.2) is 11.6 Å². The molecule has 0 fully saturated rings. The van der Waals surface area contributed by atoms with E-state index in [1.165, 1.54) is 0 Å². The van der Waals surface area contributed by atoms with Crippen molar-refractivity contribution in [1.29, 1.82) is 0 Å². The Bertz CT molecular complexity index is 941. The molecule has 0 heterocycles. The van der Waals surface area contributed by atoms with E-state index in [-0.39, 0.29) is 11.6 Å². The van der Waals surface area contributed by atoms with Gasteiger partial charge in [-0.2, -0.15) is 0 Å². The van der Waals surface area contributed by atoms with Gasteiger partial charge in [0.2, 0.25) is 0 Å². The van der Waals surface area contributed by atoms with Gasteiger partial charge in [-0.3, -0.25) is 9.59 Å². The normalized spacial score (nSPS) is 13.2. The molecule has 0 atom stereocenters. The number of carbonyl (C=O) groups is 2. The summed E-state index contributed by atoms with van der Waals surface area (Å²) in [6, 6.07) is 16.1. The van der Waals surface area contributed by atoms with Gasteiger partial charge in [0.25, 0.3) is 0 Å². The minimum absolute atomic E-state index is 0.123. The van der Waals surface area contributed by atoms with Crippen LogP contribution in [-0.2, 0) is 0 Å². The van der Waals surface area contributed by atoms with Crippen LogP contribution in [0.2, 0.25) is 5.02 Å². The first-order valence-corrected chi connectivity index (χ1v) is 6.95. The summed E-state index contributed by atoms with van der Waals surface area (Å²) in [6.45, 7) is 0. The fraction of sp³-hybridized carbons (Fsp3) is 0. The summed E-state index contributed by atoms with van der Waals surface area (Å²) in [5.41, 5.74) is 1.73. The third kappa shape index (κ3) is 1.73. The van der Waals surface area contributed by atoms with Crippen molar-refractivity contribution in [1.82, 2.24) is 0 Å². The second-order valence-corrected chi connectivity index (χ2v) is 5.53. The minimum Gasteiger partial charge on any atom is -0.289 e. The first-order chi connectivity index (χ1) is 10.1. The molecule has 0 N–H and O–H groups in total. The molecule has 1 aliphatic carbocycles. The Morgan fingerprint density at radius 1 is 0.619 bits per heavy atom. The lowest BCUT2D eigenvalue weighted by Gasteiger charge is -2.18. The topological polar surface area (TPSA) is 34.1 Å². The molecule has 0 aliphatic heterocycles. The van der Waals surface area contributed by atoms with Crippen molar-refractivity contribution in [2.45, 2.75) is 0 Å². The smallest absolute Gasteiger partial charge is 0.194 e. The van der Waals surface area contributed by atoms with Crippen molar-refractivity contribution < 1.29 is 9.59 Å². The summed E-state index contributed by atoms with van der Waals surface area (Å²) < 4.78 is 0. The van der Waals surface area contributed by atoms with Crippen molar-refractivity contribution >= 4 is 33.9 Å². The Kier molecular flexibility index (Phi) is 2.50. The number of hydrogen-bond acceptors (Lipinski definition) is 2. The second-order valence-electron chi connectivity index (χ2n) is 5.09. The standard InChI is InChI=1S/C18H9ClO2/c19-12-5-6-13-16(9-12)18(21)15-8-11-4-2-1-3-10(11)7-14(15)17(13)20/h1-9H. The number of ketones is 2. The average molecular weight is 293 g/mol. The van der Waals surface area contributed by atoms with Crippen LogP contribution in [0.5, 0.6) is 0 Å². The largest absolute Gasteiger partial charge is 0.289 e. The molecule has 0 amide bonds. The summed E-state index contributed by atoms with van der Waals surface area (Å²) in [5, 5.41) is 2.36. The SMILES string of the molecule is O=C1c2ccc(Cl)cc2C(=O)c2cc3ccccc3cc21. The molecule has 0 saturated carbocycles. The molecule has 0 bridgehead atoms. The van der Waals surface area contributed by atoms with Gasteiger partial charge in [-0.1, -0.05) is 35.9 Å². The molecular formula is C18H9ClO2. The molecule has 4 rings (SSSR count). The molecule has 21 heavy (non-hydrogen) atoms. The van der Waals surface area contributed by atoms with Crippen molar-refractivity contribution in [3.8, 4) is 0 Å². The molecule has 3 heteroatoms. The maximum Gasteiger partial charge on any atom is 0.194 e. The van der Waals surface area contributed by atoms with E-state index in [1.807, 2.05) is 24.3 Å². The number of rotatable bonds is 0. The van der Waals surface area contributed by atoms with Crippen LogP contribution >= 0.6 is 11.6 Å². The van der Waals surface area contributed by atoms with Crippen molar-refractivity contribution in [2.75, 3.05) is 0 Å². The monoisotopic (exact) mass is 292 g/mol. The van der Waals surface area contributed by atoms with Crippen LogP contribution in [0.1, 0.15) is 31.8 Å². The molecule has 2 nitrogen and oxygen atoms in total. The van der Waals surface area contributed by atoms with Crippen molar-refractivity contribution in [3.05, 3.63) is 81.9 Å². The van der Waals surface area contributed by atoms with Crippen LogP contribution < -0.4 is 0 Å². The lowest BCUT2D eigenvalue weighted by atomic mass is 9.83. The Balaban J connectivity index is 2.06. The highest BCUT2D eigenvalue weighted by Gasteiger charge is 2.29. The van der Waals surface area contributed by atoms with Gasteiger partial charge >= 0.3 is 0 Å². The highest BCUT2D eigenvalue weighted by molar-refractivity contribution is 6.33. The van der Waals surface area contributed by atoms with E-state index < -0.39 is 0 Å². The fourth-order valence-corrected chi connectivity index (χ4v) is 2.98. The highest BCUT2D eigenvalue weighted by Crippen LogP contribution is 2.31. The molecule has 0 spiro atoms. The van der Waals surface area contributed by atoms with Crippen molar-refractivity contribution in [3.63, 3.8) is 0 Å². The number of benzene rings is 3. The predicted molar refractivity (Wildman–Crippen MR) is 82.3 cm³/mol. The zero-order chi connectivity index (χ0) is 14.6. The number of hydrogen-bond donors (Lipinski definition) is 0. The van der Waals surface area contributed by atoms with E-state index in [0.29, 0.717) is 27.3 Å². The molecule has 0 unspecified atom stereocenters. The summed E-state index contributed by atoms with van der Waals surface area (Å²) >= 11 is 5.95. The van der Waals surface area contributed by atoms with Crippen LogP contribution in [0.15, 0.2) is 54.6 Å². The van der Waals surface area contributed by atoms with Gasteiger partial charge in [-0.25, -0.2) is 0 Å². The Hall–Kier alpha value is -2.45. The van der Waals surface area contributed by atoms with Gasteiger partial charge in [0.1, 0.15) is 0 Å². The lowest BCUT2D eigenvalue weighted by Crippen LogP contribution is -2.20. The Labute approximate surface area is 126 Å². The lowest BCUT2D eigenvalue weighted by molar-refractivity contribution is 0.0979. The number of fused-ring (bicyclic) bond motifs is 3. The molecule has 3 aromatic carbocycles. The Morgan fingerprint density at radius 2 is 1.14 bits per heavy atom. The van der Waals surface area contributed by atoms with Gasteiger partial charge in [0.05, 0.1) is 0 Å². The Morgan fingerprint density at radius 3 is 1.76 bits per heavy atom. The number of halogens is 1. The number of carbonyl (C=O) groups excluding carboxylic acids is 2. The van der Waals surface area contributed by atoms with Gasteiger partial charge in [-0.05, 0) is 41.1 Å². The first-order valence-electron chi connectivity index (χ1n) is 6.57. The highest BCUT2D eigenvalue weighted by atomic mass is 35.5. The quantitative estimate of drug-likeness (QED) is 0.485. The zero-order valence-electron chi connectivity index (χ0n) is 10.9. The third-order valence-corrected chi connectivity index (χ3v) is 4.08. The van der Waals surface area contributed by atoms with Gasteiger partial charge in [-0.15, -0.1) is 0 Å². The second kappa shape index (κ2) is 4.27. The van der Waals surface area contributed by atoms with Crippen molar-refractivity contribution in [2.24, 2.45) is 0 Å². The first kappa shape index (κ1) is 12.3. The van der Waals surface area contributed by atoms with Gasteiger partial charge in [0, 0.05) is 27.3 Å². The summed E-state index contributed by atoms with van der Waals surface area (Å²) in [6.07, 6.45) is 0. The van der Waals surface area contributed by atoms with E-state index >= 15 is 0 Å². The summed E-state index contributed by atoms with van der Waals surface area (Å²) in [7, 11) is 0. The van der Waals surface area contributed by atoms with Crippen LogP contribution in [0.25, 0.3) is 10.8 Å².